The number of hydrogen-bond acceptors (Lipinski definition) is 3. The first-order valence-electron chi connectivity index (χ1n) is 6.22. The number of ketones is 1. The molecule has 1 aliphatic rings. The lowest BCUT2D eigenvalue weighted by Gasteiger charge is -2.33. The van der Waals surface area contributed by atoms with Gasteiger partial charge in [0.05, 0.1) is 13.0 Å². The van der Waals surface area contributed by atoms with E-state index in [-0.39, 0.29) is 29.5 Å². The van der Waals surface area contributed by atoms with Crippen LogP contribution in [0.3, 0.4) is 0 Å². The first kappa shape index (κ1) is 13.2. The van der Waals surface area contributed by atoms with Gasteiger partial charge in [0.15, 0.2) is 0 Å². The maximum atomic E-state index is 11.7. The topological polar surface area (TPSA) is 43.4 Å². The van der Waals surface area contributed by atoms with E-state index >= 15 is 0 Å². The van der Waals surface area contributed by atoms with Gasteiger partial charge in [0, 0.05) is 12.3 Å². The van der Waals surface area contributed by atoms with Gasteiger partial charge in [-0.15, -0.1) is 0 Å². The van der Waals surface area contributed by atoms with Crippen LogP contribution in [0.2, 0.25) is 0 Å². The lowest BCUT2D eigenvalue weighted by atomic mass is 9.71. The third-order valence-corrected chi connectivity index (χ3v) is 3.82. The Kier molecular flexibility index (Phi) is 4.97. The van der Waals surface area contributed by atoms with Crippen molar-refractivity contribution in [1.82, 2.24) is 0 Å². The molecule has 0 heterocycles. The number of rotatable bonds is 4. The van der Waals surface area contributed by atoms with Gasteiger partial charge in [-0.1, -0.05) is 26.7 Å². The molecule has 0 amide bonds. The molecule has 0 unspecified atom stereocenters. The fraction of sp³-hybridized carbons (Fsp3) is 0.846. The smallest absolute Gasteiger partial charge is 0.308 e. The van der Waals surface area contributed by atoms with Crippen LogP contribution in [-0.2, 0) is 14.3 Å². The molecule has 16 heavy (non-hydrogen) atoms. The second-order valence-corrected chi connectivity index (χ2v) is 4.69. The summed E-state index contributed by atoms with van der Waals surface area (Å²) in [4.78, 5) is 23.4. The van der Waals surface area contributed by atoms with Crippen molar-refractivity contribution in [2.24, 2.45) is 17.8 Å². The zero-order valence-electron chi connectivity index (χ0n) is 10.5. The number of carbonyl (C=O) groups is 2. The minimum absolute atomic E-state index is 0.00519. The van der Waals surface area contributed by atoms with E-state index in [0.29, 0.717) is 6.42 Å². The molecule has 0 aliphatic heterocycles. The molecular weight excluding hydrogens is 204 g/mol. The minimum Gasteiger partial charge on any atom is -0.469 e. The SMILES string of the molecule is CCC(=O)[C@@H](C)[C@H]1CCCC[C@@H]1C(=O)OC. The van der Waals surface area contributed by atoms with Crippen molar-refractivity contribution in [2.75, 3.05) is 7.11 Å². The van der Waals surface area contributed by atoms with Crippen LogP contribution in [0.5, 0.6) is 0 Å². The van der Waals surface area contributed by atoms with Gasteiger partial charge < -0.3 is 4.74 Å². The Morgan fingerprint density at radius 3 is 2.50 bits per heavy atom. The number of hydrogen-bond donors (Lipinski definition) is 0. The summed E-state index contributed by atoms with van der Waals surface area (Å²) in [7, 11) is 1.43. The van der Waals surface area contributed by atoms with Crippen molar-refractivity contribution >= 4 is 11.8 Å². The molecule has 3 atom stereocenters. The number of ether oxygens (including phenoxy) is 1. The van der Waals surface area contributed by atoms with Crippen molar-refractivity contribution in [3.8, 4) is 0 Å². The molecule has 92 valence electrons. The van der Waals surface area contributed by atoms with Crippen molar-refractivity contribution in [3.05, 3.63) is 0 Å². The molecule has 3 heteroatoms. The zero-order valence-corrected chi connectivity index (χ0v) is 10.5. The van der Waals surface area contributed by atoms with Gasteiger partial charge in [-0.05, 0) is 18.8 Å². The second kappa shape index (κ2) is 6.02. The Balaban J connectivity index is 2.73. The Bertz CT molecular complexity index is 260. The number of methoxy groups -OCH3 is 1. The van der Waals surface area contributed by atoms with Crippen molar-refractivity contribution in [2.45, 2.75) is 46.0 Å². The maximum Gasteiger partial charge on any atom is 0.308 e. The molecule has 0 aromatic carbocycles. The average molecular weight is 226 g/mol. The highest BCUT2D eigenvalue weighted by Crippen LogP contribution is 2.36. The van der Waals surface area contributed by atoms with Gasteiger partial charge in [-0.2, -0.15) is 0 Å². The zero-order chi connectivity index (χ0) is 12.1. The molecule has 1 saturated carbocycles. The van der Waals surface area contributed by atoms with Gasteiger partial charge >= 0.3 is 5.97 Å². The van der Waals surface area contributed by atoms with Crippen LogP contribution in [-0.4, -0.2) is 18.9 Å². The standard InChI is InChI=1S/C13H22O3/c1-4-12(14)9(2)10-7-5-6-8-11(10)13(15)16-3/h9-11H,4-8H2,1-3H3/t9-,10+,11-/m0/s1. The third kappa shape index (κ3) is 2.83. The summed E-state index contributed by atoms with van der Waals surface area (Å²) < 4.78 is 4.83. The normalized spacial score (nSPS) is 27.2. The van der Waals surface area contributed by atoms with Gasteiger partial charge in [0.25, 0.3) is 0 Å². The van der Waals surface area contributed by atoms with Crippen LogP contribution in [0, 0.1) is 17.8 Å². The molecule has 0 spiro atoms. The average Bonchev–Trinajstić information content (AvgIpc) is 2.35. The van der Waals surface area contributed by atoms with Gasteiger partial charge in [0.1, 0.15) is 5.78 Å². The van der Waals surface area contributed by atoms with Crippen LogP contribution < -0.4 is 0 Å². The van der Waals surface area contributed by atoms with E-state index in [9.17, 15) is 9.59 Å². The lowest BCUT2D eigenvalue weighted by Crippen LogP contribution is -2.35. The molecule has 0 bridgehead atoms. The quantitative estimate of drug-likeness (QED) is 0.692. The number of esters is 1. The van der Waals surface area contributed by atoms with E-state index in [1.807, 2.05) is 13.8 Å². The maximum absolute atomic E-state index is 11.7. The summed E-state index contributed by atoms with van der Waals surface area (Å²) in [6.45, 7) is 3.84. The molecule has 0 radical (unpaired) electrons. The Morgan fingerprint density at radius 1 is 1.31 bits per heavy atom. The number of Topliss-reactive ketones (excluding diaryl/α,β-unsaturated/α-hetero) is 1. The van der Waals surface area contributed by atoms with E-state index < -0.39 is 0 Å². The molecular formula is C13H22O3. The molecule has 1 rings (SSSR count). The van der Waals surface area contributed by atoms with E-state index in [1.54, 1.807) is 0 Å². The molecule has 0 aromatic rings. The van der Waals surface area contributed by atoms with Crippen molar-refractivity contribution < 1.29 is 14.3 Å². The van der Waals surface area contributed by atoms with E-state index in [2.05, 4.69) is 0 Å². The Hall–Kier alpha value is -0.860. The first-order valence-corrected chi connectivity index (χ1v) is 6.22. The monoisotopic (exact) mass is 226 g/mol. The molecule has 0 aromatic heterocycles. The van der Waals surface area contributed by atoms with E-state index in [4.69, 9.17) is 4.74 Å². The van der Waals surface area contributed by atoms with Gasteiger partial charge in [0.2, 0.25) is 0 Å². The lowest BCUT2D eigenvalue weighted by molar-refractivity contribution is -0.150. The van der Waals surface area contributed by atoms with Gasteiger partial charge in [-0.25, -0.2) is 0 Å². The second-order valence-electron chi connectivity index (χ2n) is 4.69. The van der Waals surface area contributed by atoms with Gasteiger partial charge in [-0.3, -0.25) is 9.59 Å². The summed E-state index contributed by atoms with van der Waals surface area (Å²) in [5.41, 5.74) is 0. The largest absolute Gasteiger partial charge is 0.469 e. The predicted molar refractivity (Wildman–Crippen MR) is 61.9 cm³/mol. The highest BCUT2D eigenvalue weighted by molar-refractivity contribution is 5.82. The van der Waals surface area contributed by atoms with Crippen LogP contribution in [0.25, 0.3) is 0 Å². The fourth-order valence-corrected chi connectivity index (χ4v) is 2.76. The summed E-state index contributed by atoms with van der Waals surface area (Å²) >= 11 is 0. The molecule has 0 N–H and O–H groups in total. The van der Waals surface area contributed by atoms with Crippen LogP contribution >= 0.6 is 0 Å². The highest BCUT2D eigenvalue weighted by Gasteiger charge is 2.36. The van der Waals surface area contributed by atoms with E-state index in [1.165, 1.54) is 7.11 Å². The van der Waals surface area contributed by atoms with E-state index in [0.717, 1.165) is 25.7 Å². The van der Waals surface area contributed by atoms with Crippen LogP contribution in [0.4, 0.5) is 0 Å². The first-order chi connectivity index (χ1) is 7.61. The third-order valence-electron chi connectivity index (χ3n) is 3.82. The number of carbonyl (C=O) groups excluding carboxylic acids is 2. The fourth-order valence-electron chi connectivity index (χ4n) is 2.76. The Labute approximate surface area is 97.5 Å². The van der Waals surface area contributed by atoms with Crippen LogP contribution in [0.1, 0.15) is 46.0 Å². The van der Waals surface area contributed by atoms with Crippen molar-refractivity contribution in [3.63, 3.8) is 0 Å². The molecule has 1 fully saturated rings. The van der Waals surface area contributed by atoms with Crippen molar-refractivity contribution in [1.29, 1.82) is 0 Å². The summed E-state index contributed by atoms with van der Waals surface area (Å²) in [6, 6.07) is 0. The predicted octanol–water partition coefficient (Wildman–Crippen LogP) is 2.58. The Morgan fingerprint density at radius 2 is 1.94 bits per heavy atom. The van der Waals surface area contributed by atoms with Crippen LogP contribution in [0.15, 0.2) is 0 Å². The summed E-state index contributed by atoms with van der Waals surface area (Å²) in [5.74, 6) is 0.244. The molecule has 0 saturated heterocycles. The molecule has 1 aliphatic carbocycles. The summed E-state index contributed by atoms with van der Waals surface area (Å²) in [5, 5.41) is 0. The minimum atomic E-state index is -0.138. The molecule has 3 nitrogen and oxygen atoms in total. The summed E-state index contributed by atoms with van der Waals surface area (Å²) in [6.07, 6.45) is 4.61. The highest BCUT2D eigenvalue weighted by atomic mass is 16.5.